The molecule has 0 aromatic carbocycles. The van der Waals surface area contributed by atoms with Crippen molar-refractivity contribution >= 4 is 0 Å². The molecule has 0 N–H and O–H groups in total. The Hall–Kier alpha value is -1.36. The van der Waals surface area contributed by atoms with Crippen LogP contribution in [0.15, 0.2) is 12.4 Å². The molecule has 0 spiro atoms. The van der Waals surface area contributed by atoms with Crippen LogP contribution in [0.1, 0.15) is 44.0 Å². The SMILES string of the molecule is C#Cc1ncc(CCCCCC)cn1. The average Bonchev–Trinajstić information content (AvgIpc) is 2.25. The molecule has 1 aromatic heterocycles. The minimum atomic E-state index is 0.474. The highest BCUT2D eigenvalue weighted by atomic mass is 14.8. The number of hydrogen-bond acceptors (Lipinski definition) is 2. The summed E-state index contributed by atoms with van der Waals surface area (Å²) in [4.78, 5) is 8.10. The fourth-order valence-electron chi connectivity index (χ4n) is 1.31. The van der Waals surface area contributed by atoms with Gasteiger partial charge in [-0.15, -0.1) is 6.42 Å². The molecule has 0 bridgehead atoms. The maximum Gasteiger partial charge on any atom is 0.204 e. The minimum absolute atomic E-state index is 0.474. The first-order chi connectivity index (χ1) is 6.86. The highest BCUT2D eigenvalue weighted by Crippen LogP contribution is 2.05. The van der Waals surface area contributed by atoms with Crippen LogP contribution >= 0.6 is 0 Å². The monoisotopic (exact) mass is 188 g/mol. The van der Waals surface area contributed by atoms with Crippen LogP contribution in [0.3, 0.4) is 0 Å². The van der Waals surface area contributed by atoms with Crippen LogP contribution in [0.25, 0.3) is 0 Å². The first-order valence-corrected chi connectivity index (χ1v) is 5.14. The molecular formula is C12H16N2. The molecule has 74 valence electrons. The molecule has 1 aromatic rings. The molecule has 2 nitrogen and oxygen atoms in total. The van der Waals surface area contributed by atoms with Gasteiger partial charge in [0.2, 0.25) is 5.82 Å². The lowest BCUT2D eigenvalue weighted by Gasteiger charge is -1.99. The molecule has 0 saturated heterocycles. The van der Waals surface area contributed by atoms with Crippen LogP contribution in [-0.4, -0.2) is 9.97 Å². The van der Waals surface area contributed by atoms with Crippen LogP contribution in [0, 0.1) is 12.3 Å². The highest BCUT2D eigenvalue weighted by molar-refractivity contribution is 5.17. The fourth-order valence-corrected chi connectivity index (χ4v) is 1.31. The lowest BCUT2D eigenvalue weighted by molar-refractivity contribution is 0.665. The van der Waals surface area contributed by atoms with Gasteiger partial charge in [0, 0.05) is 12.4 Å². The maximum absolute atomic E-state index is 5.16. The summed E-state index contributed by atoms with van der Waals surface area (Å²) in [7, 11) is 0. The summed E-state index contributed by atoms with van der Waals surface area (Å²) in [5, 5.41) is 0. The predicted octanol–water partition coefficient (Wildman–Crippen LogP) is 2.58. The molecular weight excluding hydrogens is 172 g/mol. The quantitative estimate of drug-likeness (QED) is 0.524. The van der Waals surface area contributed by atoms with Gasteiger partial charge in [-0.3, -0.25) is 0 Å². The number of unbranched alkanes of at least 4 members (excludes halogenated alkanes) is 3. The molecule has 0 atom stereocenters. The molecule has 1 heterocycles. The fraction of sp³-hybridized carbons (Fsp3) is 0.500. The van der Waals surface area contributed by atoms with Gasteiger partial charge in [0.1, 0.15) is 0 Å². The smallest absolute Gasteiger partial charge is 0.204 e. The van der Waals surface area contributed by atoms with Gasteiger partial charge in [-0.1, -0.05) is 26.2 Å². The van der Waals surface area contributed by atoms with Gasteiger partial charge >= 0.3 is 0 Å². The van der Waals surface area contributed by atoms with Crippen molar-refractivity contribution in [2.45, 2.75) is 39.0 Å². The van der Waals surface area contributed by atoms with E-state index in [2.05, 4.69) is 22.8 Å². The summed E-state index contributed by atoms with van der Waals surface area (Å²) in [6.07, 6.45) is 15.0. The summed E-state index contributed by atoms with van der Waals surface area (Å²) in [6, 6.07) is 0. The Morgan fingerprint density at radius 2 is 1.93 bits per heavy atom. The van der Waals surface area contributed by atoms with Crippen molar-refractivity contribution in [3.05, 3.63) is 23.8 Å². The number of rotatable bonds is 5. The van der Waals surface area contributed by atoms with Gasteiger partial charge in [-0.25, -0.2) is 9.97 Å². The molecule has 1 rings (SSSR count). The molecule has 2 heteroatoms. The topological polar surface area (TPSA) is 25.8 Å². The zero-order valence-electron chi connectivity index (χ0n) is 8.66. The zero-order chi connectivity index (χ0) is 10.2. The number of aryl methyl sites for hydroxylation is 1. The first-order valence-electron chi connectivity index (χ1n) is 5.14. The van der Waals surface area contributed by atoms with E-state index in [1.807, 2.05) is 12.4 Å². The van der Waals surface area contributed by atoms with Gasteiger partial charge in [-0.2, -0.15) is 0 Å². The van der Waals surface area contributed by atoms with E-state index < -0.39 is 0 Å². The van der Waals surface area contributed by atoms with Crippen LogP contribution < -0.4 is 0 Å². The molecule has 14 heavy (non-hydrogen) atoms. The molecule has 0 aliphatic carbocycles. The van der Waals surface area contributed by atoms with E-state index in [0.29, 0.717) is 5.82 Å². The van der Waals surface area contributed by atoms with Gasteiger partial charge in [0.05, 0.1) is 0 Å². The summed E-state index contributed by atoms with van der Waals surface area (Å²) in [5.41, 5.74) is 1.18. The second-order valence-electron chi connectivity index (χ2n) is 3.37. The Kier molecular flexibility index (Phi) is 4.71. The normalized spacial score (nSPS) is 9.71. The van der Waals surface area contributed by atoms with E-state index in [4.69, 9.17) is 6.42 Å². The van der Waals surface area contributed by atoms with E-state index >= 15 is 0 Å². The van der Waals surface area contributed by atoms with Gasteiger partial charge in [-0.05, 0) is 24.3 Å². The van der Waals surface area contributed by atoms with E-state index in [9.17, 15) is 0 Å². The first kappa shape index (κ1) is 10.7. The van der Waals surface area contributed by atoms with Crippen molar-refractivity contribution in [2.24, 2.45) is 0 Å². The van der Waals surface area contributed by atoms with Crippen molar-refractivity contribution in [1.82, 2.24) is 9.97 Å². The molecule has 0 aliphatic rings. The van der Waals surface area contributed by atoms with Crippen molar-refractivity contribution in [3.8, 4) is 12.3 Å². The Morgan fingerprint density at radius 3 is 2.50 bits per heavy atom. The summed E-state index contributed by atoms with van der Waals surface area (Å²) in [6.45, 7) is 2.21. The minimum Gasteiger partial charge on any atom is -0.229 e. The van der Waals surface area contributed by atoms with E-state index in [1.165, 1.54) is 31.2 Å². The number of nitrogens with zero attached hydrogens (tertiary/aromatic N) is 2. The lowest BCUT2D eigenvalue weighted by atomic mass is 10.1. The van der Waals surface area contributed by atoms with Crippen LogP contribution in [0.4, 0.5) is 0 Å². The maximum atomic E-state index is 5.16. The lowest BCUT2D eigenvalue weighted by Crippen LogP contribution is -1.92. The number of terminal acetylenes is 1. The Bertz CT molecular complexity index is 295. The highest BCUT2D eigenvalue weighted by Gasteiger charge is 1.95. The molecule has 0 unspecified atom stereocenters. The van der Waals surface area contributed by atoms with E-state index in [1.54, 1.807) is 0 Å². The number of aromatic nitrogens is 2. The number of hydrogen-bond donors (Lipinski definition) is 0. The molecule has 0 radical (unpaired) electrons. The zero-order valence-corrected chi connectivity index (χ0v) is 8.66. The Balaban J connectivity index is 2.33. The van der Waals surface area contributed by atoms with Gasteiger partial charge in [0.15, 0.2) is 0 Å². The average molecular weight is 188 g/mol. The van der Waals surface area contributed by atoms with E-state index in [-0.39, 0.29) is 0 Å². The molecule has 0 fully saturated rings. The summed E-state index contributed by atoms with van der Waals surface area (Å²) >= 11 is 0. The van der Waals surface area contributed by atoms with E-state index in [0.717, 1.165) is 6.42 Å². The van der Waals surface area contributed by atoms with Crippen molar-refractivity contribution in [1.29, 1.82) is 0 Å². The Morgan fingerprint density at radius 1 is 1.21 bits per heavy atom. The third kappa shape index (κ3) is 3.57. The predicted molar refractivity (Wildman–Crippen MR) is 57.8 cm³/mol. The third-order valence-corrected chi connectivity index (χ3v) is 2.15. The third-order valence-electron chi connectivity index (χ3n) is 2.15. The van der Waals surface area contributed by atoms with Crippen LogP contribution in [0.2, 0.25) is 0 Å². The second kappa shape index (κ2) is 6.15. The second-order valence-corrected chi connectivity index (χ2v) is 3.37. The largest absolute Gasteiger partial charge is 0.229 e. The van der Waals surface area contributed by atoms with Crippen molar-refractivity contribution < 1.29 is 0 Å². The molecule has 0 saturated carbocycles. The van der Waals surface area contributed by atoms with Crippen molar-refractivity contribution in [3.63, 3.8) is 0 Å². The Labute approximate surface area is 85.8 Å². The standard InChI is InChI=1S/C12H16N2/c1-3-5-6-7-8-11-9-13-12(4-2)14-10-11/h2,9-10H,3,5-8H2,1H3. The van der Waals surface area contributed by atoms with Gasteiger partial charge in [0.25, 0.3) is 0 Å². The van der Waals surface area contributed by atoms with Crippen LogP contribution in [0.5, 0.6) is 0 Å². The summed E-state index contributed by atoms with van der Waals surface area (Å²) in [5.74, 6) is 2.88. The molecule has 0 amide bonds. The van der Waals surface area contributed by atoms with Gasteiger partial charge < -0.3 is 0 Å². The summed E-state index contributed by atoms with van der Waals surface area (Å²) < 4.78 is 0. The van der Waals surface area contributed by atoms with Crippen molar-refractivity contribution in [2.75, 3.05) is 0 Å². The van der Waals surface area contributed by atoms with Crippen LogP contribution in [-0.2, 0) is 6.42 Å². The molecule has 0 aliphatic heterocycles.